The van der Waals surface area contributed by atoms with Crippen LogP contribution in [0.4, 0.5) is 13.2 Å². The van der Waals surface area contributed by atoms with Crippen LogP contribution in [0, 0.1) is 23.6 Å². The van der Waals surface area contributed by atoms with Crippen LogP contribution in [-0.2, 0) is 6.42 Å². The fraction of sp³-hybridized carbons (Fsp3) is 0.520. The van der Waals surface area contributed by atoms with E-state index >= 15 is 0 Å². The maximum absolute atomic E-state index is 14.6. The molecule has 0 radical (unpaired) electrons. The van der Waals surface area contributed by atoms with Gasteiger partial charge in [0.2, 0.25) is 0 Å². The highest BCUT2D eigenvalue weighted by Gasteiger charge is 2.33. The average Bonchev–Trinajstić information content (AvgIpc) is 2.71. The molecule has 0 aromatic heterocycles. The Balaban J connectivity index is 1.56. The van der Waals surface area contributed by atoms with Crippen molar-refractivity contribution in [1.82, 2.24) is 0 Å². The molecule has 1 saturated carbocycles. The van der Waals surface area contributed by atoms with E-state index in [9.17, 15) is 13.2 Å². The fourth-order valence-electron chi connectivity index (χ4n) is 4.60. The Kier molecular flexibility index (Phi) is 7.20. The first-order chi connectivity index (χ1) is 13.5. The molecule has 1 atom stereocenters. The molecule has 0 unspecified atom stereocenters. The number of rotatable bonds is 6. The zero-order chi connectivity index (χ0) is 20.1. The quantitative estimate of drug-likeness (QED) is 0.462. The highest BCUT2D eigenvalue weighted by Crippen LogP contribution is 2.44. The van der Waals surface area contributed by atoms with E-state index < -0.39 is 11.7 Å². The fourth-order valence-corrected chi connectivity index (χ4v) is 4.60. The molecule has 1 aromatic rings. The third-order valence-corrected chi connectivity index (χ3v) is 6.36. The van der Waals surface area contributed by atoms with E-state index in [1.807, 2.05) is 38.1 Å². The van der Waals surface area contributed by atoms with Crippen molar-refractivity contribution in [3.63, 3.8) is 0 Å². The normalized spacial score (nSPS) is 26.0. The van der Waals surface area contributed by atoms with Gasteiger partial charge in [-0.1, -0.05) is 50.6 Å². The van der Waals surface area contributed by atoms with Gasteiger partial charge in [0.1, 0.15) is 11.6 Å². The first kappa shape index (κ1) is 21.0. The SMILES string of the molecule is CCCC1=CC[C@@H](C2CCC(/C=C/c3ccc(CC)c(F)c3)CC2)C(F)=C1F. The third-order valence-electron chi connectivity index (χ3n) is 6.36. The van der Waals surface area contributed by atoms with Crippen molar-refractivity contribution in [3.8, 4) is 0 Å². The molecule has 3 heteroatoms. The van der Waals surface area contributed by atoms with Gasteiger partial charge in [-0.2, -0.15) is 0 Å². The summed E-state index contributed by atoms with van der Waals surface area (Å²) in [7, 11) is 0. The Hall–Kier alpha value is -1.77. The summed E-state index contributed by atoms with van der Waals surface area (Å²) in [5.74, 6) is -0.909. The molecule has 0 N–H and O–H groups in total. The monoisotopic (exact) mass is 388 g/mol. The van der Waals surface area contributed by atoms with Crippen LogP contribution in [0.2, 0.25) is 0 Å². The minimum atomic E-state index is -0.599. The highest BCUT2D eigenvalue weighted by molar-refractivity contribution is 5.50. The minimum Gasteiger partial charge on any atom is -0.208 e. The van der Waals surface area contributed by atoms with E-state index in [-0.39, 0.29) is 17.7 Å². The molecule has 0 nitrogen and oxygen atoms in total. The zero-order valence-electron chi connectivity index (χ0n) is 17.0. The first-order valence-electron chi connectivity index (χ1n) is 10.7. The number of aryl methyl sites for hydroxylation is 1. The molecular weight excluding hydrogens is 357 g/mol. The van der Waals surface area contributed by atoms with E-state index in [1.165, 1.54) is 0 Å². The number of halogens is 3. The van der Waals surface area contributed by atoms with Crippen molar-refractivity contribution in [2.75, 3.05) is 0 Å². The van der Waals surface area contributed by atoms with Gasteiger partial charge in [0, 0.05) is 5.92 Å². The maximum atomic E-state index is 14.6. The van der Waals surface area contributed by atoms with Crippen LogP contribution >= 0.6 is 0 Å². The molecule has 0 saturated heterocycles. The smallest absolute Gasteiger partial charge is 0.157 e. The van der Waals surface area contributed by atoms with E-state index in [0.717, 1.165) is 43.2 Å². The second-order valence-electron chi connectivity index (χ2n) is 8.22. The molecule has 0 aliphatic heterocycles. The van der Waals surface area contributed by atoms with Gasteiger partial charge in [-0.3, -0.25) is 0 Å². The Bertz CT molecular complexity index is 764. The molecular formula is C25H31F3. The molecule has 28 heavy (non-hydrogen) atoms. The van der Waals surface area contributed by atoms with Crippen molar-refractivity contribution >= 4 is 6.08 Å². The number of hydrogen-bond acceptors (Lipinski definition) is 0. The van der Waals surface area contributed by atoms with Gasteiger partial charge in [0.25, 0.3) is 0 Å². The molecule has 0 bridgehead atoms. The third kappa shape index (κ3) is 4.79. The molecule has 3 rings (SSSR count). The van der Waals surface area contributed by atoms with E-state index in [1.54, 1.807) is 6.07 Å². The summed E-state index contributed by atoms with van der Waals surface area (Å²) in [6, 6.07) is 5.39. The van der Waals surface area contributed by atoms with Crippen molar-refractivity contribution < 1.29 is 13.2 Å². The van der Waals surface area contributed by atoms with Gasteiger partial charge >= 0.3 is 0 Å². The minimum absolute atomic E-state index is 0.148. The Morgan fingerprint density at radius 2 is 1.79 bits per heavy atom. The molecule has 2 aliphatic rings. The van der Waals surface area contributed by atoms with E-state index in [4.69, 9.17) is 0 Å². The molecule has 0 amide bonds. The highest BCUT2D eigenvalue weighted by atomic mass is 19.2. The molecule has 0 spiro atoms. The summed E-state index contributed by atoms with van der Waals surface area (Å²) >= 11 is 0. The summed E-state index contributed by atoms with van der Waals surface area (Å²) in [5.41, 5.74) is 2.17. The topological polar surface area (TPSA) is 0 Å². The molecule has 2 aliphatic carbocycles. The van der Waals surface area contributed by atoms with Crippen molar-refractivity contribution in [3.05, 3.63) is 64.5 Å². The lowest BCUT2D eigenvalue weighted by molar-refractivity contribution is 0.218. The summed E-state index contributed by atoms with van der Waals surface area (Å²) in [5, 5.41) is 0. The molecule has 152 valence electrons. The average molecular weight is 389 g/mol. The van der Waals surface area contributed by atoms with E-state index in [0.29, 0.717) is 30.8 Å². The number of benzene rings is 1. The van der Waals surface area contributed by atoms with Gasteiger partial charge in [-0.05, 0) is 79.5 Å². The Morgan fingerprint density at radius 3 is 2.43 bits per heavy atom. The van der Waals surface area contributed by atoms with Crippen LogP contribution < -0.4 is 0 Å². The lowest BCUT2D eigenvalue weighted by Crippen LogP contribution is -2.23. The predicted molar refractivity (Wildman–Crippen MR) is 111 cm³/mol. The van der Waals surface area contributed by atoms with Crippen molar-refractivity contribution in [1.29, 1.82) is 0 Å². The summed E-state index contributed by atoms with van der Waals surface area (Å²) in [4.78, 5) is 0. The van der Waals surface area contributed by atoms with Gasteiger partial charge in [0.05, 0.1) is 0 Å². The lowest BCUT2D eigenvalue weighted by atomic mass is 9.72. The molecule has 0 heterocycles. The van der Waals surface area contributed by atoms with Crippen LogP contribution in [0.1, 0.15) is 69.9 Å². The standard InChI is InChI=1S/C25H31F3/c1-3-5-21-14-15-22(25(28)24(21)27)20-12-8-17(9-13-20)6-7-18-10-11-19(4-2)23(26)16-18/h6-7,10-11,14,16-17,20,22H,3-5,8-9,12-13,15H2,1-2H3/b7-6+/t17?,20?,22-/m0/s1. The number of hydrogen-bond donors (Lipinski definition) is 0. The van der Waals surface area contributed by atoms with Crippen molar-refractivity contribution in [2.24, 2.45) is 17.8 Å². The predicted octanol–water partition coefficient (Wildman–Crippen LogP) is 8.10. The van der Waals surface area contributed by atoms with Crippen LogP contribution in [0.3, 0.4) is 0 Å². The summed E-state index contributed by atoms with van der Waals surface area (Å²) in [6.07, 6.45) is 12.6. The van der Waals surface area contributed by atoms with Gasteiger partial charge in [0.15, 0.2) is 5.83 Å². The summed E-state index contributed by atoms with van der Waals surface area (Å²) in [6.45, 7) is 3.93. The molecule has 1 aromatic carbocycles. The van der Waals surface area contributed by atoms with Crippen LogP contribution in [0.15, 0.2) is 47.6 Å². The second-order valence-corrected chi connectivity index (χ2v) is 8.22. The van der Waals surface area contributed by atoms with Gasteiger partial charge in [-0.15, -0.1) is 0 Å². The maximum Gasteiger partial charge on any atom is 0.157 e. The van der Waals surface area contributed by atoms with Crippen LogP contribution in [0.25, 0.3) is 6.08 Å². The zero-order valence-corrected chi connectivity index (χ0v) is 17.0. The van der Waals surface area contributed by atoms with Crippen LogP contribution in [-0.4, -0.2) is 0 Å². The summed E-state index contributed by atoms with van der Waals surface area (Å²) < 4.78 is 42.8. The first-order valence-corrected chi connectivity index (χ1v) is 10.7. The van der Waals surface area contributed by atoms with E-state index in [2.05, 4.69) is 6.08 Å². The van der Waals surface area contributed by atoms with Crippen molar-refractivity contribution in [2.45, 2.75) is 65.2 Å². The second kappa shape index (κ2) is 9.62. The Morgan fingerprint density at radius 1 is 1.04 bits per heavy atom. The van der Waals surface area contributed by atoms with Gasteiger partial charge < -0.3 is 0 Å². The van der Waals surface area contributed by atoms with Gasteiger partial charge in [-0.25, -0.2) is 13.2 Å². The number of allylic oxidation sites excluding steroid dienone is 5. The van der Waals surface area contributed by atoms with Crippen LogP contribution in [0.5, 0.6) is 0 Å². The molecule has 1 fully saturated rings. The lowest BCUT2D eigenvalue weighted by Gasteiger charge is -2.33. The Labute approximate surface area is 167 Å². The largest absolute Gasteiger partial charge is 0.208 e.